The van der Waals surface area contributed by atoms with E-state index in [2.05, 4.69) is 31.9 Å². The third-order valence-electron chi connectivity index (χ3n) is 8.91. The molecule has 0 heterocycles. The fourth-order valence-corrected chi connectivity index (χ4v) is 5.32. The van der Waals surface area contributed by atoms with Crippen molar-refractivity contribution in [2.45, 2.75) is 114 Å². The Morgan fingerprint density at radius 1 is 0.667 bits per heavy atom. The average Bonchev–Trinajstić information content (AvgIpc) is 3.15. The third-order valence-corrected chi connectivity index (χ3v) is 8.91. The SMILES string of the molecule is CC[C@H](C)[C@H](NC(=O)[C@H](C)NC(=O)[C@H](CCCCN)NC(=O)[C@H](CC(N)=O)NC(=O)[C@@H](N)Cc1ccccc1)C(=O)N[C@@H](CO)C(=O)N[C@@H](CCC(N)=O)C(=O)O. The van der Waals surface area contributed by atoms with E-state index in [-0.39, 0.29) is 32.2 Å². The second-order valence-electron chi connectivity index (χ2n) is 13.6. The molecule has 8 amide bonds. The topological polar surface area (TPSA) is 370 Å². The van der Waals surface area contributed by atoms with Crippen LogP contribution < -0.4 is 54.8 Å². The number of hydrogen-bond donors (Lipinski definition) is 12. The fraction of sp³-hybridized carbons (Fsp3) is 0.583. The number of hydrogen-bond acceptors (Lipinski definition) is 12. The number of carbonyl (C=O) groups excluding carboxylic acids is 8. The molecular formula is C36H58N10O11. The normalized spacial score (nSPS) is 15.1. The van der Waals surface area contributed by atoms with Gasteiger partial charge in [-0.3, -0.25) is 38.4 Å². The molecule has 21 heteroatoms. The number of nitrogens with one attached hydrogen (secondary N) is 6. The molecule has 8 atom stereocenters. The van der Waals surface area contributed by atoms with Gasteiger partial charge in [0.25, 0.3) is 0 Å². The van der Waals surface area contributed by atoms with Crippen LogP contribution in [-0.4, -0.2) is 119 Å². The van der Waals surface area contributed by atoms with Crippen LogP contribution in [0.5, 0.6) is 0 Å². The molecule has 0 bridgehead atoms. The van der Waals surface area contributed by atoms with Crippen molar-refractivity contribution < 1.29 is 53.4 Å². The highest BCUT2D eigenvalue weighted by molar-refractivity contribution is 5.98. The van der Waals surface area contributed by atoms with Gasteiger partial charge in [0.15, 0.2) is 0 Å². The lowest BCUT2D eigenvalue weighted by Crippen LogP contribution is -2.60. The van der Waals surface area contributed by atoms with Crippen LogP contribution in [0.4, 0.5) is 0 Å². The number of nitrogens with two attached hydrogens (primary N) is 4. The summed E-state index contributed by atoms with van der Waals surface area (Å²) < 4.78 is 0. The number of aliphatic hydroxyl groups is 1. The molecule has 16 N–H and O–H groups in total. The Morgan fingerprint density at radius 2 is 1.23 bits per heavy atom. The molecule has 0 aliphatic rings. The molecule has 1 rings (SSSR count). The van der Waals surface area contributed by atoms with Crippen molar-refractivity contribution in [3.63, 3.8) is 0 Å². The zero-order valence-electron chi connectivity index (χ0n) is 32.5. The van der Waals surface area contributed by atoms with Gasteiger partial charge in [0.05, 0.1) is 19.1 Å². The monoisotopic (exact) mass is 806 g/mol. The number of primary amides is 2. The van der Waals surface area contributed by atoms with Gasteiger partial charge in [-0.25, -0.2) is 4.79 Å². The van der Waals surface area contributed by atoms with E-state index >= 15 is 0 Å². The molecule has 57 heavy (non-hydrogen) atoms. The second kappa shape index (κ2) is 25.5. The third kappa shape index (κ3) is 18.2. The van der Waals surface area contributed by atoms with E-state index in [1.165, 1.54) is 6.92 Å². The van der Waals surface area contributed by atoms with E-state index in [1.807, 2.05) is 0 Å². The fourth-order valence-electron chi connectivity index (χ4n) is 5.32. The van der Waals surface area contributed by atoms with Gasteiger partial charge in [0.1, 0.15) is 36.3 Å². The number of carboxylic acid groups (broad SMARTS) is 1. The number of carboxylic acids is 1. The highest BCUT2D eigenvalue weighted by Gasteiger charge is 2.34. The molecule has 0 unspecified atom stereocenters. The molecule has 0 aliphatic carbocycles. The molecule has 0 saturated heterocycles. The molecule has 0 saturated carbocycles. The van der Waals surface area contributed by atoms with Gasteiger partial charge in [0, 0.05) is 6.42 Å². The van der Waals surface area contributed by atoms with Crippen LogP contribution in [-0.2, 0) is 49.6 Å². The standard InChI is InChI=1S/C36H58N10O11/c1-4-19(2)29(35(55)45-26(18-47)34(54)43-24(36(56)57)13-14-27(39)48)46-30(50)20(3)41-32(52)23(12-8-9-15-37)42-33(53)25(17-28(40)49)44-31(51)22(38)16-21-10-6-5-7-11-21/h5-7,10-11,19-20,22-26,29,47H,4,8-9,12-18,37-38H2,1-3H3,(H2,39,48)(H2,40,49)(H,41,52)(H,42,53)(H,43,54)(H,44,51)(H,45,55)(H,46,50)(H,56,57)/t19-,20-,22-,23-,24-,25-,26-,29-/m0/s1. The summed E-state index contributed by atoms with van der Waals surface area (Å²) in [7, 11) is 0. The predicted molar refractivity (Wildman–Crippen MR) is 205 cm³/mol. The molecule has 0 aromatic heterocycles. The van der Waals surface area contributed by atoms with E-state index in [0.717, 1.165) is 5.56 Å². The molecule has 0 spiro atoms. The number of unbranched alkanes of at least 4 members (excludes halogenated alkanes) is 1. The number of rotatable bonds is 27. The zero-order valence-corrected chi connectivity index (χ0v) is 32.5. The van der Waals surface area contributed by atoms with Gasteiger partial charge in [0.2, 0.25) is 47.3 Å². The predicted octanol–water partition coefficient (Wildman–Crippen LogP) is -4.12. The molecule has 0 aliphatic heterocycles. The van der Waals surface area contributed by atoms with Crippen molar-refractivity contribution >= 4 is 53.2 Å². The Morgan fingerprint density at radius 3 is 1.77 bits per heavy atom. The molecule has 318 valence electrons. The molecule has 1 aromatic rings. The summed E-state index contributed by atoms with van der Waals surface area (Å²) in [6.07, 6.45) is 0.0327. The minimum Gasteiger partial charge on any atom is -0.480 e. The quantitative estimate of drug-likeness (QED) is 0.0377. The number of aliphatic hydroxyl groups excluding tert-OH is 1. The number of carbonyl (C=O) groups is 9. The van der Waals surface area contributed by atoms with E-state index < -0.39 is 114 Å². The van der Waals surface area contributed by atoms with Crippen LogP contribution in [0.2, 0.25) is 0 Å². The Labute approximate surface area is 330 Å². The lowest BCUT2D eigenvalue weighted by molar-refractivity contribution is -0.143. The highest BCUT2D eigenvalue weighted by atomic mass is 16.4. The zero-order chi connectivity index (χ0) is 43.2. The molecule has 0 radical (unpaired) electrons. The van der Waals surface area contributed by atoms with Gasteiger partial charge >= 0.3 is 5.97 Å². The van der Waals surface area contributed by atoms with Gasteiger partial charge in [-0.1, -0.05) is 50.6 Å². The first-order valence-electron chi connectivity index (χ1n) is 18.6. The Bertz CT molecular complexity index is 1550. The van der Waals surface area contributed by atoms with E-state index in [4.69, 9.17) is 22.9 Å². The maximum absolute atomic E-state index is 13.5. The maximum Gasteiger partial charge on any atom is 0.326 e. The lowest BCUT2D eigenvalue weighted by atomic mass is 9.97. The van der Waals surface area contributed by atoms with Crippen LogP contribution in [0, 0.1) is 5.92 Å². The maximum atomic E-state index is 13.5. The minimum absolute atomic E-state index is 0.0433. The summed E-state index contributed by atoms with van der Waals surface area (Å²) >= 11 is 0. The van der Waals surface area contributed by atoms with Gasteiger partial charge in [-0.15, -0.1) is 0 Å². The van der Waals surface area contributed by atoms with Gasteiger partial charge < -0.3 is 65.0 Å². The van der Waals surface area contributed by atoms with Crippen LogP contribution >= 0.6 is 0 Å². The first kappa shape index (κ1) is 49.3. The molecular weight excluding hydrogens is 748 g/mol. The first-order chi connectivity index (χ1) is 26.8. The van der Waals surface area contributed by atoms with Crippen LogP contribution in [0.1, 0.15) is 71.3 Å². The number of aliphatic carboxylic acids is 1. The molecule has 0 fully saturated rings. The van der Waals surface area contributed by atoms with Crippen molar-refractivity contribution in [1.29, 1.82) is 0 Å². The Balaban J connectivity index is 3.09. The van der Waals surface area contributed by atoms with E-state index in [9.17, 15) is 53.4 Å². The number of amides is 8. The van der Waals surface area contributed by atoms with Gasteiger partial charge in [-0.05, 0) is 57.1 Å². The first-order valence-corrected chi connectivity index (χ1v) is 18.6. The second-order valence-corrected chi connectivity index (χ2v) is 13.6. The summed E-state index contributed by atoms with van der Waals surface area (Å²) in [5, 5.41) is 33.6. The highest BCUT2D eigenvalue weighted by Crippen LogP contribution is 2.10. The molecule has 1 aromatic carbocycles. The van der Waals surface area contributed by atoms with Crippen molar-refractivity contribution in [2.75, 3.05) is 13.2 Å². The van der Waals surface area contributed by atoms with Crippen LogP contribution in [0.15, 0.2) is 30.3 Å². The van der Waals surface area contributed by atoms with Crippen LogP contribution in [0.3, 0.4) is 0 Å². The number of benzene rings is 1. The summed E-state index contributed by atoms with van der Waals surface area (Å²) in [6.45, 7) is 3.96. The summed E-state index contributed by atoms with van der Waals surface area (Å²) in [6, 6.07) is -0.819. The van der Waals surface area contributed by atoms with Crippen molar-refractivity contribution in [1.82, 2.24) is 31.9 Å². The van der Waals surface area contributed by atoms with Crippen molar-refractivity contribution in [3.8, 4) is 0 Å². The largest absolute Gasteiger partial charge is 0.480 e. The molecule has 21 nitrogen and oxygen atoms in total. The minimum atomic E-state index is -1.64. The van der Waals surface area contributed by atoms with E-state index in [0.29, 0.717) is 19.3 Å². The van der Waals surface area contributed by atoms with Gasteiger partial charge in [-0.2, -0.15) is 0 Å². The summed E-state index contributed by atoms with van der Waals surface area (Å²) in [5.41, 5.74) is 22.8. The average molecular weight is 807 g/mol. The summed E-state index contributed by atoms with van der Waals surface area (Å²) in [5.74, 6) is -9.07. The van der Waals surface area contributed by atoms with Crippen LogP contribution in [0.25, 0.3) is 0 Å². The lowest BCUT2D eigenvalue weighted by Gasteiger charge is -2.28. The smallest absolute Gasteiger partial charge is 0.326 e. The van der Waals surface area contributed by atoms with E-state index in [1.54, 1.807) is 44.2 Å². The summed E-state index contributed by atoms with van der Waals surface area (Å²) in [4.78, 5) is 114. The Hall–Kier alpha value is -5.67. The van der Waals surface area contributed by atoms with Crippen molar-refractivity contribution in [3.05, 3.63) is 35.9 Å². The van der Waals surface area contributed by atoms with Crippen molar-refractivity contribution in [2.24, 2.45) is 28.9 Å². The Kier molecular flexibility index (Phi) is 22.1.